The van der Waals surface area contributed by atoms with Crippen molar-refractivity contribution in [3.63, 3.8) is 0 Å². The van der Waals surface area contributed by atoms with Crippen LogP contribution in [0.15, 0.2) is 30.3 Å². The van der Waals surface area contributed by atoms with E-state index in [9.17, 15) is 29.4 Å². The molecule has 0 bridgehead atoms. The second kappa shape index (κ2) is 7.97. The summed E-state index contributed by atoms with van der Waals surface area (Å²) in [5, 5.41) is 24.2. The van der Waals surface area contributed by atoms with Crippen LogP contribution in [0.4, 0.5) is 4.79 Å². The number of aliphatic carboxylic acids is 2. The van der Waals surface area contributed by atoms with Crippen molar-refractivity contribution in [1.82, 2.24) is 10.6 Å². The third kappa shape index (κ3) is 4.66. The average Bonchev–Trinajstić information content (AvgIpc) is 3.01. The first-order chi connectivity index (χ1) is 13.0. The lowest BCUT2D eigenvalue weighted by molar-refractivity contribution is -0.149. The number of hydrogen-bond acceptors (Lipinski definition) is 6. The van der Waals surface area contributed by atoms with Gasteiger partial charge in [-0.05, 0) is 32.8 Å². The van der Waals surface area contributed by atoms with Gasteiger partial charge < -0.3 is 20.3 Å². The molecule has 0 aromatic heterocycles. The van der Waals surface area contributed by atoms with Crippen LogP contribution in [0.3, 0.4) is 0 Å². The lowest BCUT2D eigenvalue weighted by Crippen LogP contribution is -2.57. The topological polar surface area (TPSA) is 142 Å². The molecule has 1 aromatic rings. The zero-order valence-electron chi connectivity index (χ0n) is 15.9. The van der Waals surface area contributed by atoms with E-state index in [1.807, 2.05) is 0 Å². The normalized spacial score (nSPS) is 24.4. The van der Waals surface area contributed by atoms with Crippen molar-refractivity contribution in [2.75, 3.05) is 6.54 Å². The van der Waals surface area contributed by atoms with Crippen LogP contribution in [0.1, 0.15) is 38.8 Å². The molecule has 152 valence electrons. The Morgan fingerprint density at radius 2 is 1.79 bits per heavy atom. The quantitative estimate of drug-likeness (QED) is 0.531. The van der Waals surface area contributed by atoms with E-state index in [1.165, 1.54) is 0 Å². The number of carbonyl (C=O) groups is 4. The Kier molecular flexibility index (Phi) is 6.08. The van der Waals surface area contributed by atoms with Gasteiger partial charge in [0.1, 0.15) is 5.60 Å². The molecule has 1 saturated heterocycles. The van der Waals surface area contributed by atoms with Crippen molar-refractivity contribution in [2.24, 2.45) is 5.92 Å². The van der Waals surface area contributed by atoms with E-state index in [4.69, 9.17) is 4.74 Å². The van der Waals surface area contributed by atoms with Crippen molar-refractivity contribution in [2.45, 2.75) is 44.4 Å². The summed E-state index contributed by atoms with van der Waals surface area (Å²) in [5.41, 5.74) is -2.35. The summed E-state index contributed by atoms with van der Waals surface area (Å²) in [5.74, 6) is -4.68. The fourth-order valence-corrected chi connectivity index (χ4v) is 3.16. The highest BCUT2D eigenvalue weighted by Crippen LogP contribution is 2.39. The fraction of sp³-hybridized carbons (Fsp3) is 0.474. The molecule has 1 heterocycles. The molecule has 1 aromatic carbocycles. The minimum atomic E-state index is -2.13. The van der Waals surface area contributed by atoms with Gasteiger partial charge in [0, 0.05) is 6.04 Å². The highest BCUT2D eigenvalue weighted by molar-refractivity contribution is 6.10. The number of carbonyl (C=O) groups excluding carboxylic acids is 2. The predicted octanol–water partition coefficient (Wildman–Crippen LogP) is 1.34. The Balaban J connectivity index is 2.23. The van der Waals surface area contributed by atoms with Gasteiger partial charge in [0.05, 0.1) is 12.5 Å². The number of ketones is 1. The molecule has 9 heteroatoms. The third-order valence-corrected chi connectivity index (χ3v) is 4.44. The number of alkyl carbamates (subject to hydrolysis) is 1. The minimum Gasteiger partial charge on any atom is -0.481 e. The number of hydrogen-bond donors (Lipinski definition) is 4. The van der Waals surface area contributed by atoms with E-state index < -0.39 is 59.9 Å². The van der Waals surface area contributed by atoms with Gasteiger partial charge in [-0.3, -0.25) is 14.9 Å². The van der Waals surface area contributed by atoms with Gasteiger partial charge >= 0.3 is 18.0 Å². The van der Waals surface area contributed by atoms with Crippen LogP contribution in [0, 0.1) is 5.92 Å². The highest BCUT2D eigenvalue weighted by atomic mass is 16.6. The zero-order valence-corrected chi connectivity index (χ0v) is 15.9. The van der Waals surface area contributed by atoms with E-state index in [0.717, 1.165) is 0 Å². The molecular weight excluding hydrogens is 368 g/mol. The molecule has 1 aliphatic rings. The molecule has 2 rings (SSSR count). The van der Waals surface area contributed by atoms with Crippen LogP contribution in [-0.2, 0) is 19.1 Å². The largest absolute Gasteiger partial charge is 0.481 e. The summed E-state index contributed by atoms with van der Waals surface area (Å²) < 4.78 is 5.03. The number of benzene rings is 1. The summed E-state index contributed by atoms with van der Waals surface area (Å²) in [6.45, 7) is 4.33. The van der Waals surface area contributed by atoms with E-state index in [0.29, 0.717) is 5.56 Å². The molecule has 4 N–H and O–H groups in total. The SMILES string of the molecule is CC(C)(C)OC(=O)NCC(=O)C1(C(=O)O)CC(C(=O)O)C(c2ccccc2)N1. The number of rotatable bonds is 6. The number of Topliss-reactive ketones (excluding diaryl/α,β-unsaturated/α-hetero) is 1. The summed E-state index contributed by atoms with van der Waals surface area (Å²) in [6.07, 6.45) is -1.31. The summed E-state index contributed by atoms with van der Waals surface area (Å²) in [4.78, 5) is 48.2. The molecule has 28 heavy (non-hydrogen) atoms. The smallest absolute Gasteiger partial charge is 0.408 e. The molecule has 9 nitrogen and oxygen atoms in total. The van der Waals surface area contributed by atoms with E-state index in [2.05, 4.69) is 10.6 Å². The number of carboxylic acid groups (broad SMARTS) is 2. The maximum atomic E-state index is 12.7. The van der Waals surface area contributed by atoms with Gasteiger partial charge in [0.25, 0.3) is 0 Å². The fourth-order valence-electron chi connectivity index (χ4n) is 3.16. The van der Waals surface area contributed by atoms with Gasteiger partial charge in [-0.15, -0.1) is 0 Å². The van der Waals surface area contributed by atoms with E-state index in [1.54, 1.807) is 51.1 Å². The van der Waals surface area contributed by atoms with Crippen LogP contribution in [-0.4, -0.2) is 51.7 Å². The van der Waals surface area contributed by atoms with E-state index >= 15 is 0 Å². The second-order valence-electron chi connectivity index (χ2n) is 7.67. The Hall–Kier alpha value is -2.94. The zero-order chi connectivity index (χ0) is 21.1. The standard InChI is InChI=1S/C19H24N2O7/c1-18(2,3)28-17(27)20-10-13(22)19(16(25)26)9-12(15(23)24)14(21-19)11-7-5-4-6-8-11/h4-8,12,14,21H,9-10H2,1-3H3,(H,20,27)(H,23,24)(H,25,26). The van der Waals surface area contributed by atoms with Crippen LogP contribution in [0.5, 0.6) is 0 Å². The Bertz CT molecular complexity index is 772. The molecule has 3 unspecified atom stereocenters. The van der Waals surface area contributed by atoms with Gasteiger partial charge in [0.15, 0.2) is 11.3 Å². The van der Waals surface area contributed by atoms with Crippen LogP contribution in [0.25, 0.3) is 0 Å². The van der Waals surface area contributed by atoms with Crippen LogP contribution < -0.4 is 10.6 Å². The molecule has 1 aliphatic heterocycles. The molecule has 0 aliphatic carbocycles. The van der Waals surface area contributed by atoms with E-state index in [-0.39, 0.29) is 0 Å². The molecule has 0 saturated carbocycles. The molecule has 3 atom stereocenters. The average molecular weight is 392 g/mol. The van der Waals surface area contributed by atoms with Crippen molar-refractivity contribution in [1.29, 1.82) is 0 Å². The first-order valence-electron chi connectivity index (χ1n) is 8.75. The Morgan fingerprint density at radius 3 is 2.29 bits per heavy atom. The first kappa shape index (κ1) is 21.4. The molecular formula is C19H24N2O7. The summed E-state index contributed by atoms with van der Waals surface area (Å²) in [6, 6.07) is 7.60. The molecule has 0 spiro atoms. The van der Waals surface area contributed by atoms with Crippen LogP contribution >= 0.6 is 0 Å². The minimum absolute atomic E-state index is 0.438. The van der Waals surface area contributed by atoms with Crippen LogP contribution in [0.2, 0.25) is 0 Å². The van der Waals surface area contributed by atoms with Gasteiger partial charge in [-0.1, -0.05) is 30.3 Å². The highest BCUT2D eigenvalue weighted by Gasteiger charge is 2.57. The second-order valence-corrected chi connectivity index (χ2v) is 7.67. The molecule has 1 fully saturated rings. The van der Waals surface area contributed by atoms with Gasteiger partial charge in [-0.25, -0.2) is 9.59 Å². The maximum absolute atomic E-state index is 12.7. The number of nitrogens with one attached hydrogen (secondary N) is 2. The number of ether oxygens (including phenoxy) is 1. The predicted molar refractivity (Wildman–Crippen MR) is 97.7 cm³/mol. The third-order valence-electron chi connectivity index (χ3n) is 4.44. The Labute approximate surface area is 162 Å². The number of amides is 1. The van der Waals surface area contributed by atoms with Crippen molar-refractivity contribution >= 4 is 23.8 Å². The lowest BCUT2D eigenvalue weighted by atomic mass is 9.86. The Morgan fingerprint density at radius 1 is 1.18 bits per heavy atom. The summed E-state index contributed by atoms with van der Waals surface area (Å²) >= 11 is 0. The van der Waals surface area contributed by atoms with Crippen molar-refractivity contribution < 1.29 is 34.1 Å². The summed E-state index contributed by atoms with van der Waals surface area (Å²) in [7, 11) is 0. The lowest BCUT2D eigenvalue weighted by Gasteiger charge is -2.25. The monoisotopic (exact) mass is 392 g/mol. The van der Waals surface area contributed by atoms with Crippen molar-refractivity contribution in [3.05, 3.63) is 35.9 Å². The molecule has 1 amide bonds. The molecule has 0 radical (unpaired) electrons. The van der Waals surface area contributed by atoms with Crippen molar-refractivity contribution in [3.8, 4) is 0 Å². The van der Waals surface area contributed by atoms with Gasteiger partial charge in [-0.2, -0.15) is 0 Å². The number of carboxylic acids is 2. The maximum Gasteiger partial charge on any atom is 0.408 e. The van der Waals surface area contributed by atoms with Gasteiger partial charge in [0.2, 0.25) is 0 Å². The first-order valence-corrected chi connectivity index (χ1v) is 8.75.